The number of esters is 1. The summed E-state index contributed by atoms with van der Waals surface area (Å²) < 4.78 is 5.76. The standard InChI is InChI=1S/C24H34O2/c1-4-24(11-26-23(25)12(2)3)10-15-8-18(24)22-17-9-16(21(15)22)19-13-5-6-14(7-13)20(17)19/h13-22H,2,4-11H2,1,3H3. The van der Waals surface area contributed by atoms with Gasteiger partial charge in [0.15, 0.2) is 0 Å². The van der Waals surface area contributed by atoms with Crippen LogP contribution in [-0.4, -0.2) is 12.6 Å². The van der Waals surface area contributed by atoms with Gasteiger partial charge in [0.25, 0.3) is 0 Å². The van der Waals surface area contributed by atoms with Crippen molar-refractivity contribution in [2.24, 2.45) is 64.6 Å². The first kappa shape index (κ1) is 16.2. The largest absolute Gasteiger partial charge is 0.462 e. The van der Waals surface area contributed by atoms with Crippen LogP contribution in [0.4, 0.5) is 0 Å². The van der Waals surface area contributed by atoms with Gasteiger partial charge in [-0.3, -0.25) is 0 Å². The van der Waals surface area contributed by atoms with E-state index in [2.05, 4.69) is 13.5 Å². The molecule has 26 heavy (non-hydrogen) atoms. The topological polar surface area (TPSA) is 26.3 Å². The van der Waals surface area contributed by atoms with Gasteiger partial charge in [-0.25, -0.2) is 4.79 Å². The molecule has 2 nitrogen and oxygen atoms in total. The molecule has 0 aliphatic heterocycles. The highest BCUT2D eigenvalue weighted by Gasteiger charge is 2.73. The van der Waals surface area contributed by atoms with E-state index in [0.717, 1.165) is 59.2 Å². The maximum atomic E-state index is 12.0. The van der Waals surface area contributed by atoms with Crippen molar-refractivity contribution in [1.29, 1.82) is 0 Å². The lowest BCUT2D eigenvalue weighted by molar-refractivity contribution is -0.146. The van der Waals surface area contributed by atoms with Crippen molar-refractivity contribution in [3.63, 3.8) is 0 Å². The molecule has 0 aromatic carbocycles. The minimum atomic E-state index is -0.182. The fraction of sp³-hybridized carbons (Fsp3) is 0.875. The molecule has 6 rings (SSSR count). The van der Waals surface area contributed by atoms with Crippen LogP contribution >= 0.6 is 0 Å². The third kappa shape index (κ3) is 1.78. The predicted molar refractivity (Wildman–Crippen MR) is 101 cm³/mol. The van der Waals surface area contributed by atoms with Gasteiger partial charge < -0.3 is 4.74 Å². The molecular formula is C24H34O2. The van der Waals surface area contributed by atoms with Crippen molar-refractivity contribution in [3.05, 3.63) is 12.2 Å². The van der Waals surface area contributed by atoms with Crippen molar-refractivity contribution in [3.8, 4) is 0 Å². The van der Waals surface area contributed by atoms with Gasteiger partial charge in [0.2, 0.25) is 0 Å². The second-order valence-corrected chi connectivity index (χ2v) is 11.1. The summed E-state index contributed by atoms with van der Waals surface area (Å²) in [5, 5.41) is 0. The van der Waals surface area contributed by atoms with E-state index in [-0.39, 0.29) is 11.4 Å². The van der Waals surface area contributed by atoms with Gasteiger partial charge in [-0.15, -0.1) is 0 Å². The zero-order valence-corrected chi connectivity index (χ0v) is 16.5. The highest BCUT2D eigenvalue weighted by Crippen LogP contribution is 2.79. The van der Waals surface area contributed by atoms with E-state index in [4.69, 9.17) is 4.74 Å². The first-order valence-electron chi connectivity index (χ1n) is 11.4. The predicted octanol–water partition coefficient (Wildman–Crippen LogP) is 5.09. The number of fused-ring (bicyclic) bond motifs is 16. The zero-order valence-electron chi connectivity index (χ0n) is 16.5. The molecule has 142 valence electrons. The molecule has 0 amide bonds. The quantitative estimate of drug-likeness (QED) is 0.399. The summed E-state index contributed by atoms with van der Waals surface area (Å²) in [5.41, 5.74) is 0.816. The van der Waals surface area contributed by atoms with Crippen molar-refractivity contribution in [2.75, 3.05) is 6.61 Å². The van der Waals surface area contributed by atoms with E-state index in [1.165, 1.54) is 25.7 Å². The summed E-state index contributed by atoms with van der Waals surface area (Å²) in [6, 6.07) is 0. The SMILES string of the molecule is C=C(C)C(=O)OCC1(CC)CC2CC1C1C3CC(C4C5CCC(C5)C34)C21. The molecule has 6 aliphatic carbocycles. The zero-order chi connectivity index (χ0) is 17.8. The Hall–Kier alpha value is -0.790. The molecule has 11 atom stereocenters. The molecule has 0 aromatic rings. The molecule has 6 fully saturated rings. The van der Waals surface area contributed by atoms with Crippen molar-refractivity contribution >= 4 is 5.97 Å². The van der Waals surface area contributed by atoms with Crippen molar-refractivity contribution in [1.82, 2.24) is 0 Å². The van der Waals surface area contributed by atoms with Crippen LogP contribution < -0.4 is 0 Å². The van der Waals surface area contributed by atoms with E-state index in [1.54, 1.807) is 26.2 Å². The fourth-order valence-corrected chi connectivity index (χ4v) is 10.1. The van der Waals surface area contributed by atoms with Gasteiger partial charge in [0, 0.05) is 11.0 Å². The van der Waals surface area contributed by atoms with Gasteiger partial charge in [-0.1, -0.05) is 13.5 Å². The Bertz CT molecular complexity index is 667. The average Bonchev–Trinajstić information content (AvgIpc) is 3.44. The Kier molecular flexibility index (Phi) is 3.22. The van der Waals surface area contributed by atoms with Gasteiger partial charge in [-0.2, -0.15) is 0 Å². The lowest BCUT2D eigenvalue weighted by atomic mass is 9.55. The van der Waals surface area contributed by atoms with Crippen LogP contribution in [-0.2, 0) is 9.53 Å². The third-order valence-electron chi connectivity index (χ3n) is 10.6. The van der Waals surface area contributed by atoms with Crippen molar-refractivity contribution < 1.29 is 9.53 Å². The Morgan fingerprint density at radius 3 is 2.31 bits per heavy atom. The van der Waals surface area contributed by atoms with E-state index in [1.807, 2.05) is 0 Å². The number of carbonyl (C=O) groups is 1. The minimum absolute atomic E-state index is 0.182. The number of carbonyl (C=O) groups excluding carboxylic acids is 1. The summed E-state index contributed by atoms with van der Waals surface area (Å²) in [6.45, 7) is 8.53. The molecule has 11 unspecified atom stereocenters. The molecule has 6 aliphatic rings. The van der Waals surface area contributed by atoms with Crippen LogP contribution in [0.5, 0.6) is 0 Å². The summed E-state index contributed by atoms with van der Waals surface area (Å²) in [4.78, 5) is 12.0. The molecule has 6 bridgehead atoms. The van der Waals surface area contributed by atoms with Crippen LogP contribution in [0.2, 0.25) is 0 Å². The first-order chi connectivity index (χ1) is 12.5. The number of hydrogen-bond donors (Lipinski definition) is 0. The van der Waals surface area contributed by atoms with E-state index < -0.39 is 0 Å². The van der Waals surface area contributed by atoms with Gasteiger partial charge in [-0.05, 0) is 111 Å². The maximum absolute atomic E-state index is 12.0. The molecule has 0 heterocycles. The van der Waals surface area contributed by atoms with E-state index in [9.17, 15) is 4.79 Å². The molecule has 6 saturated carbocycles. The Morgan fingerprint density at radius 2 is 1.65 bits per heavy atom. The molecular weight excluding hydrogens is 320 g/mol. The highest BCUT2D eigenvalue weighted by molar-refractivity contribution is 5.86. The Balaban J connectivity index is 1.27. The molecule has 0 N–H and O–H groups in total. The molecule has 0 aromatic heterocycles. The first-order valence-corrected chi connectivity index (χ1v) is 11.4. The van der Waals surface area contributed by atoms with Crippen LogP contribution in [0, 0.1) is 64.6 Å². The second kappa shape index (κ2) is 5.17. The average molecular weight is 355 g/mol. The summed E-state index contributed by atoms with van der Waals surface area (Å²) in [6.07, 6.45) is 10.2. The molecule has 2 heteroatoms. The fourth-order valence-electron chi connectivity index (χ4n) is 10.1. The molecule has 0 saturated heterocycles. The van der Waals surface area contributed by atoms with Crippen LogP contribution in [0.3, 0.4) is 0 Å². The maximum Gasteiger partial charge on any atom is 0.333 e. The number of hydrogen-bond acceptors (Lipinski definition) is 2. The Morgan fingerprint density at radius 1 is 1.00 bits per heavy atom. The number of ether oxygens (including phenoxy) is 1. The monoisotopic (exact) mass is 354 g/mol. The van der Waals surface area contributed by atoms with E-state index >= 15 is 0 Å². The smallest absolute Gasteiger partial charge is 0.333 e. The van der Waals surface area contributed by atoms with Gasteiger partial charge >= 0.3 is 5.97 Å². The van der Waals surface area contributed by atoms with Crippen LogP contribution in [0.25, 0.3) is 0 Å². The van der Waals surface area contributed by atoms with Crippen LogP contribution in [0.15, 0.2) is 12.2 Å². The van der Waals surface area contributed by atoms with Crippen molar-refractivity contribution in [2.45, 2.75) is 58.8 Å². The second-order valence-electron chi connectivity index (χ2n) is 11.1. The van der Waals surface area contributed by atoms with E-state index in [0.29, 0.717) is 12.2 Å². The summed E-state index contributed by atoms with van der Waals surface area (Å²) in [5.74, 6) is 10.1. The normalized spacial score (nSPS) is 57.5. The molecule has 0 spiro atoms. The van der Waals surface area contributed by atoms with Crippen LogP contribution in [0.1, 0.15) is 58.8 Å². The highest BCUT2D eigenvalue weighted by atomic mass is 16.5. The number of rotatable bonds is 4. The van der Waals surface area contributed by atoms with Gasteiger partial charge in [0.1, 0.15) is 0 Å². The lowest BCUT2D eigenvalue weighted by Gasteiger charge is -2.50. The van der Waals surface area contributed by atoms with Gasteiger partial charge in [0.05, 0.1) is 6.61 Å². The summed E-state index contributed by atoms with van der Waals surface area (Å²) in [7, 11) is 0. The third-order valence-corrected chi connectivity index (χ3v) is 10.6. The molecule has 0 radical (unpaired) electrons. The summed E-state index contributed by atoms with van der Waals surface area (Å²) >= 11 is 0. The minimum Gasteiger partial charge on any atom is -0.462 e. The Labute approximate surface area is 158 Å². The lowest BCUT2D eigenvalue weighted by Crippen LogP contribution is -2.47.